The summed E-state index contributed by atoms with van der Waals surface area (Å²) in [5.74, 6) is 0.895. The molecule has 0 unspecified atom stereocenters. The van der Waals surface area contributed by atoms with E-state index in [1.807, 2.05) is 26.0 Å². The minimum Gasteiger partial charge on any atom is -0.493 e. The maximum Gasteiger partial charge on any atom is 0.223 e. The number of rotatable bonds is 7. The molecule has 0 bridgehead atoms. The molecule has 0 aromatic heterocycles. The second-order valence-corrected chi connectivity index (χ2v) is 6.91. The third-order valence-electron chi connectivity index (χ3n) is 4.55. The van der Waals surface area contributed by atoms with Gasteiger partial charge in [-0.3, -0.25) is 9.69 Å². The molecule has 5 nitrogen and oxygen atoms in total. The molecule has 1 aromatic rings. The van der Waals surface area contributed by atoms with Gasteiger partial charge in [-0.05, 0) is 51.1 Å². The normalized spacial score (nSPS) is 17.5. The van der Waals surface area contributed by atoms with Crippen LogP contribution in [0, 0.1) is 13.8 Å². The van der Waals surface area contributed by atoms with Gasteiger partial charge in [0.2, 0.25) is 5.91 Å². The van der Waals surface area contributed by atoms with E-state index in [1.54, 1.807) is 0 Å². The smallest absolute Gasteiger partial charge is 0.223 e. The van der Waals surface area contributed by atoms with Crippen molar-refractivity contribution >= 4 is 5.91 Å². The first kappa shape index (κ1) is 18.7. The first-order valence-corrected chi connectivity index (χ1v) is 8.84. The van der Waals surface area contributed by atoms with Crippen LogP contribution in [0.2, 0.25) is 0 Å². The molecule has 24 heavy (non-hydrogen) atoms. The van der Waals surface area contributed by atoms with Gasteiger partial charge in [-0.25, -0.2) is 0 Å². The Hall–Kier alpha value is -1.59. The van der Waals surface area contributed by atoms with E-state index in [4.69, 9.17) is 4.74 Å². The van der Waals surface area contributed by atoms with Crippen molar-refractivity contribution in [1.82, 2.24) is 15.1 Å². The van der Waals surface area contributed by atoms with Crippen LogP contribution in [0.1, 0.15) is 24.5 Å². The largest absolute Gasteiger partial charge is 0.493 e. The highest BCUT2D eigenvalue weighted by Crippen LogP contribution is 2.16. The van der Waals surface area contributed by atoms with Crippen LogP contribution in [0.4, 0.5) is 0 Å². The van der Waals surface area contributed by atoms with Crippen LogP contribution in [0.3, 0.4) is 0 Å². The predicted octanol–water partition coefficient (Wildman–Crippen LogP) is 1.82. The maximum atomic E-state index is 12.0. The van der Waals surface area contributed by atoms with Crippen molar-refractivity contribution in [3.05, 3.63) is 29.3 Å². The van der Waals surface area contributed by atoms with Gasteiger partial charge in [0.25, 0.3) is 0 Å². The number of nitrogens with zero attached hydrogens (tertiary/aromatic N) is 2. The number of carbonyl (C=O) groups excluding carboxylic acids is 1. The predicted molar refractivity (Wildman–Crippen MR) is 97.6 cm³/mol. The van der Waals surface area contributed by atoms with Crippen molar-refractivity contribution in [3.8, 4) is 5.75 Å². The average molecular weight is 333 g/mol. The molecule has 5 heteroatoms. The lowest BCUT2D eigenvalue weighted by Gasteiger charge is -2.36. The molecule has 1 fully saturated rings. The highest BCUT2D eigenvalue weighted by Gasteiger charge is 2.19. The van der Waals surface area contributed by atoms with E-state index in [2.05, 4.69) is 35.2 Å². The maximum absolute atomic E-state index is 12.0. The Morgan fingerprint density at radius 3 is 2.42 bits per heavy atom. The van der Waals surface area contributed by atoms with Gasteiger partial charge in [0.05, 0.1) is 13.0 Å². The molecular weight excluding hydrogens is 302 g/mol. The standard InChI is InChI=1S/C19H31N3O2/c1-15-11-16(2)13-18(12-15)24-10-5-19(23)20-14-17(3)22-8-6-21(4)7-9-22/h11-13,17H,5-10,14H2,1-4H3,(H,20,23)/t17-/m1/s1. The summed E-state index contributed by atoms with van der Waals surface area (Å²) in [7, 11) is 2.15. The van der Waals surface area contributed by atoms with Gasteiger partial charge < -0.3 is 15.0 Å². The van der Waals surface area contributed by atoms with Crippen molar-refractivity contribution in [3.63, 3.8) is 0 Å². The second kappa shape index (κ2) is 9.04. The number of ether oxygens (including phenoxy) is 1. The fraction of sp³-hybridized carbons (Fsp3) is 0.632. The lowest BCUT2D eigenvalue weighted by molar-refractivity contribution is -0.121. The molecule has 1 aliphatic rings. The highest BCUT2D eigenvalue weighted by atomic mass is 16.5. The monoisotopic (exact) mass is 333 g/mol. The first-order valence-electron chi connectivity index (χ1n) is 8.84. The molecular formula is C19H31N3O2. The van der Waals surface area contributed by atoms with Crippen molar-refractivity contribution in [2.45, 2.75) is 33.2 Å². The molecule has 134 valence electrons. The minimum atomic E-state index is 0.0559. The Balaban J connectivity index is 1.64. The summed E-state index contributed by atoms with van der Waals surface area (Å²) in [6.07, 6.45) is 0.391. The molecule has 1 atom stereocenters. The number of hydrogen-bond donors (Lipinski definition) is 1. The Bertz CT molecular complexity index is 519. The molecule has 0 spiro atoms. The molecule has 1 aliphatic heterocycles. The zero-order valence-electron chi connectivity index (χ0n) is 15.5. The van der Waals surface area contributed by atoms with E-state index in [-0.39, 0.29) is 5.91 Å². The van der Waals surface area contributed by atoms with Crippen molar-refractivity contribution in [1.29, 1.82) is 0 Å². The Kier molecular flexibility index (Phi) is 7.06. The van der Waals surface area contributed by atoms with Gasteiger partial charge in [0.1, 0.15) is 5.75 Å². The van der Waals surface area contributed by atoms with Crippen LogP contribution in [-0.4, -0.2) is 68.1 Å². The van der Waals surface area contributed by atoms with Crippen LogP contribution < -0.4 is 10.1 Å². The quantitative estimate of drug-likeness (QED) is 0.827. The van der Waals surface area contributed by atoms with Gasteiger partial charge in [-0.2, -0.15) is 0 Å². The number of benzene rings is 1. The first-order chi connectivity index (χ1) is 11.4. The van der Waals surface area contributed by atoms with E-state index >= 15 is 0 Å². The number of carbonyl (C=O) groups is 1. The number of hydrogen-bond acceptors (Lipinski definition) is 4. The van der Waals surface area contributed by atoms with Gasteiger partial charge in [0.15, 0.2) is 0 Å². The number of likely N-dealkylation sites (N-methyl/N-ethyl adjacent to an activating group) is 1. The zero-order chi connectivity index (χ0) is 17.5. The summed E-state index contributed by atoms with van der Waals surface area (Å²) in [4.78, 5) is 16.8. The van der Waals surface area contributed by atoms with Crippen LogP contribution in [0.5, 0.6) is 5.75 Å². The summed E-state index contributed by atoms with van der Waals surface area (Å²) in [6, 6.07) is 6.49. The van der Waals surface area contributed by atoms with E-state index in [0.717, 1.165) is 31.9 Å². The number of piperazine rings is 1. The summed E-state index contributed by atoms with van der Waals surface area (Å²) in [6.45, 7) is 11.7. The van der Waals surface area contributed by atoms with Gasteiger partial charge >= 0.3 is 0 Å². The van der Waals surface area contributed by atoms with Crippen molar-refractivity contribution in [2.24, 2.45) is 0 Å². The van der Waals surface area contributed by atoms with E-state index in [9.17, 15) is 4.79 Å². The molecule has 1 aromatic carbocycles. The Labute approximate surface area is 146 Å². The Morgan fingerprint density at radius 2 is 1.79 bits per heavy atom. The number of nitrogens with one attached hydrogen (secondary N) is 1. The summed E-state index contributed by atoms with van der Waals surface area (Å²) in [5.41, 5.74) is 2.35. The van der Waals surface area contributed by atoms with E-state index in [1.165, 1.54) is 11.1 Å². The minimum absolute atomic E-state index is 0.0559. The van der Waals surface area contributed by atoms with Gasteiger partial charge in [-0.15, -0.1) is 0 Å². The molecule has 1 amide bonds. The Morgan fingerprint density at radius 1 is 1.17 bits per heavy atom. The molecule has 0 radical (unpaired) electrons. The van der Waals surface area contributed by atoms with E-state index in [0.29, 0.717) is 25.6 Å². The van der Waals surface area contributed by atoms with Gasteiger partial charge in [-0.1, -0.05) is 6.07 Å². The van der Waals surface area contributed by atoms with Crippen LogP contribution in [-0.2, 0) is 4.79 Å². The highest BCUT2D eigenvalue weighted by molar-refractivity contribution is 5.76. The van der Waals surface area contributed by atoms with Crippen LogP contribution in [0.25, 0.3) is 0 Å². The third-order valence-corrected chi connectivity index (χ3v) is 4.55. The zero-order valence-corrected chi connectivity index (χ0v) is 15.5. The SMILES string of the molecule is Cc1cc(C)cc(OCCC(=O)NC[C@@H](C)N2CCN(C)CC2)c1. The summed E-state index contributed by atoms with van der Waals surface area (Å²) in [5, 5.41) is 3.03. The summed E-state index contributed by atoms with van der Waals surface area (Å²) >= 11 is 0. The fourth-order valence-corrected chi connectivity index (χ4v) is 3.02. The van der Waals surface area contributed by atoms with Crippen LogP contribution in [0.15, 0.2) is 18.2 Å². The lowest BCUT2D eigenvalue weighted by Crippen LogP contribution is -2.51. The number of amides is 1. The number of aryl methyl sites for hydroxylation is 2. The molecule has 1 N–H and O–H groups in total. The average Bonchev–Trinajstić information content (AvgIpc) is 2.52. The fourth-order valence-electron chi connectivity index (χ4n) is 3.02. The third kappa shape index (κ3) is 6.13. The van der Waals surface area contributed by atoms with Crippen LogP contribution >= 0.6 is 0 Å². The summed E-state index contributed by atoms with van der Waals surface area (Å²) < 4.78 is 5.70. The molecule has 1 saturated heterocycles. The topological polar surface area (TPSA) is 44.8 Å². The molecule has 0 saturated carbocycles. The van der Waals surface area contributed by atoms with E-state index < -0.39 is 0 Å². The van der Waals surface area contributed by atoms with Gasteiger partial charge in [0, 0.05) is 38.8 Å². The molecule has 0 aliphatic carbocycles. The molecule has 1 heterocycles. The van der Waals surface area contributed by atoms with Crippen molar-refractivity contribution in [2.75, 3.05) is 46.4 Å². The second-order valence-electron chi connectivity index (χ2n) is 6.91. The molecule has 2 rings (SSSR count). The van der Waals surface area contributed by atoms with Crippen molar-refractivity contribution < 1.29 is 9.53 Å². The lowest BCUT2D eigenvalue weighted by atomic mass is 10.1.